The van der Waals surface area contributed by atoms with Gasteiger partial charge in [0.15, 0.2) is 0 Å². The van der Waals surface area contributed by atoms with Crippen molar-refractivity contribution in [2.75, 3.05) is 0 Å². The maximum atomic E-state index is 11.9. The number of aliphatic hydroxyl groups excluding tert-OH is 1. The molecule has 0 saturated heterocycles. The Morgan fingerprint density at radius 2 is 2.11 bits per heavy atom. The highest BCUT2D eigenvalue weighted by atomic mass is 16.6. The molecule has 1 aromatic rings. The first-order valence-corrected chi connectivity index (χ1v) is 6.44. The normalized spacial score (nSPS) is 25.1. The van der Waals surface area contributed by atoms with Gasteiger partial charge < -0.3 is 5.11 Å². The molecule has 5 heteroatoms. The van der Waals surface area contributed by atoms with Crippen LogP contribution < -0.4 is 0 Å². The molecule has 1 aromatic carbocycles. The second-order valence-electron chi connectivity index (χ2n) is 5.21. The van der Waals surface area contributed by atoms with Gasteiger partial charge in [-0.3, -0.25) is 14.9 Å². The Morgan fingerprint density at radius 1 is 1.42 bits per heavy atom. The highest BCUT2D eigenvalue weighted by molar-refractivity contribution is 5.82. The summed E-state index contributed by atoms with van der Waals surface area (Å²) in [6.07, 6.45) is 0.783. The lowest BCUT2D eigenvalue weighted by atomic mass is 9.77. The van der Waals surface area contributed by atoms with Gasteiger partial charge in [-0.2, -0.15) is 0 Å². The lowest BCUT2D eigenvalue weighted by Crippen LogP contribution is -2.29. The van der Waals surface area contributed by atoms with Gasteiger partial charge in [0.05, 0.1) is 16.6 Å². The van der Waals surface area contributed by atoms with E-state index in [2.05, 4.69) is 0 Å². The lowest BCUT2D eigenvalue weighted by molar-refractivity contribution is -0.386. The van der Waals surface area contributed by atoms with E-state index in [1.807, 2.05) is 6.92 Å². The number of rotatable bonds is 3. The summed E-state index contributed by atoms with van der Waals surface area (Å²) in [5, 5.41) is 21.3. The minimum absolute atomic E-state index is 0.00347. The van der Waals surface area contributed by atoms with E-state index in [-0.39, 0.29) is 17.0 Å². The average Bonchev–Trinajstić information content (AvgIpc) is 2.40. The Hall–Kier alpha value is -1.75. The largest absolute Gasteiger partial charge is 0.387 e. The number of benzene rings is 1. The van der Waals surface area contributed by atoms with E-state index in [0.29, 0.717) is 18.8 Å². The van der Waals surface area contributed by atoms with Crippen molar-refractivity contribution in [3.8, 4) is 0 Å². The van der Waals surface area contributed by atoms with E-state index in [1.54, 1.807) is 12.1 Å². The third-order valence-electron chi connectivity index (χ3n) is 3.79. The molecule has 1 saturated carbocycles. The minimum Gasteiger partial charge on any atom is -0.387 e. The number of nitro benzene ring substituents is 1. The van der Waals surface area contributed by atoms with Gasteiger partial charge in [-0.25, -0.2) is 0 Å². The monoisotopic (exact) mass is 263 g/mol. The highest BCUT2D eigenvalue weighted by Gasteiger charge is 2.35. The number of carbonyl (C=O) groups excluding carboxylic acids is 1. The van der Waals surface area contributed by atoms with Crippen LogP contribution in [-0.2, 0) is 4.79 Å². The van der Waals surface area contributed by atoms with Crippen molar-refractivity contribution in [1.29, 1.82) is 0 Å². The van der Waals surface area contributed by atoms with Crippen LogP contribution in [0.4, 0.5) is 5.69 Å². The number of hydrogen-bond acceptors (Lipinski definition) is 4. The zero-order valence-corrected chi connectivity index (χ0v) is 10.8. The molecule has 1 N–H and O–H groups in total. The molecule has 3 atom stereocenters. The molecule has 2 rings (SSSR count). The summed E-state index contributed by atoms with van der Waals surface area (Å²) in [6.45, 7) is 2.03. The standard InChI is InChI=1S/C14H17NO4/c1-9-6-7-13(16)11(8-9)14(17)10-4-2-3-5-12(10)15(18)19/h2-5,9,11,14,17H,6-8H2,1H3/t9?,11?,14-/m1/s1. The molecule has 0 radical (unpaired) electrons. The zero-order valence-electron chi connectivity index (χ0n) is 10.8. The quantitative estimate of drug-likeness (QED) is 0.671. The summed E-state index contributed by atoms with van der Waals surface area (Å²) in [5.41, 5.74) is 0.112. The predicted octanol–water partition coefficient (Wildman–Crippen LogP) is 2.63. The second-order valence-corrected chi connectivity index (χ2v) is 5.21. The van der Waals surface area contributed by atoms with Crippen molar-refractivity contribution in [2.45, 2.75) is 32.3 Å². The Morgan fingerprint density at radius 3 is 2.79 bits per heavy atom. The van der Waals surface area contributed by atoms with Crippen LogP contribution in [0.2, 0.25) is 0 Å². The number of aliphatic hydroxyl groups is 1. The van der Waals surface area contributed by atoms with E-state index in [9.17, 15) is 20.0 Å². The molecule has 0 aromatic heterocycles. The van der Waals surface area contributed by atoms with E-state index < -0.39 is 16.9 Å². The molecule has 19 heavy (non-hydrogen) atoms. The van der Waals surface area contributed by atoms with E-state index in [4.69, 9.17) is 0 Å². The molecular formula is C14H17NO4. The summed E-state index contributed by atoms with van der Waals surface area (Å²) in [7, 11) is 0. The topological polar surface area (TPSA) is 80.4 Å². The van der Waals surface area contributed by atoms with Crippen molar-refractivity contribution >= 4 is 11.5 Å². The van der Waals surface area contributed by atoms with Crippen LogP contribution in [0.25, 0.3) is 0 Å². The smallest absolute Gasteiger partial charge is 0.275 e. The Kier molecular flexibility index (Phi) is 3.95. The molecule has 102 valence electrons. The van der Waals surface area contributed by atoms with Crippen molar-refractivity contribution in [3.63, 3.8) is 0 Å². The minimum atomic E-state index is -1.09. The summed E-state index contributed by atoms with van der Waals surface area (Å²) in [6, 6.07) is 6.08. The summed E-state index contributed by atoms with van der Waals surface area (Å²) in [4.78, 5) is 22.4. The summed E-state index contributed by atoms with van der Waals surface area (Å²) < 4.78 is 0. The van der Waals surface area contributed by atoms with Crippen LogP contribution in [0.5, 0.6) is 0 Å². The number of nitro groups is 1. The number of nitrogens with zero attached hydrogens (tertiary/aromatic N) is 1. The number of ketones is 1. The van der Waals surface area contributed by atoms with Gasteiger partial charge in [-0.1, -0.05) is 19.1 Å². The SMILES string of the molecule is CC1CCC(=O)C([C@H](O)c2ccccc2[N+](=O)[O-])C1. The third-order valence-corrected chi connectivity index (χ3v) is 3.79. The van der Waals surface area contributed by atoms with Crippen LogP contribution in [0.15, 0.2) is 24.3 Å². The van der Waals surface area contributed by atoms with Gasteiger partial charge in [0.25, 0.3) is 5.69 Å². The second kappa shape index (κ2) is 5.48. The molecule has 2 unspecified atom stereocenters. The van der Waals surface area contributed by atoms with Gasteiger partial charge in [-0.15, -0.1) is 0 Å². The van der Waals surface area contributed by atoms with Crippen molar-refractivity contribution in [3.05, 3.63) is 39.9 Å². The molecule has 1 fully saturated rings. The van der Waals surface area contributed by atoms with Crippen LogP contribution in [0, 0.1) is 22.0 Å². The van der Waals surface area contributed by atoms with Crippen LogP contribution >= 0.6 is 0 Å². The molecule has 5 nitrogen and oxygen atoms in total. The van der Waals surface area contributed by atoms with Gasteiger partial charge in [-0.05, 0) is 24.8 Å². The number of hydrogen-bond donors (Lipinski definition) is 1. The zero-order chi connectivity index (χ0) is 14.0. The molecule has 0 bridgehead atoms. The molecule has 0 heterocycles. The highest BCUT2D eigenvalue weighted by Crippen LogP contribution is 2.37. The van der Waals surface area contributed by atoms with Crippen LogP contribution in [0.1, 0.15) is 37.9 Å². The molecule has 0 amide bonds. The van der Waals surface area contributed by atoms with Crippen LogP contribution in [-0.4, -0.2) is 15.8 Å². The van der Waals surface area contributed by atoms with Crippen molar-refractivity contribution < 1.29 is 14.8 Å². The van der Waals surface area contributed by atoms with Gasteiger partial charge >= 0.3 is 0 Å². The van der Waals surface area contributed by atoms with E-state index in [0.717, 1.165) is 6.42 Å². The van der Waals surface area contributed by atoms with Crippen molar-refractivity contribution in [1.82, 2.24) is 0 Å². The first-order chi connectivity index (χ1) is 9.00. The summed E-state index contributed by atoms with van der Waals surface area (Å²) in [5.74, 6) is -0.159. The molecule has 0 spiro atoms. The Balaban J connectivity index is 2.30. The Labute approximate surface area is 111 Å². The maximum absolute atomic E-state index is 11.9. The molecular weight excluding hydrogens is 246 g/mol. The average molecular weight is 263 g/mol. The number of carbonyl (C=O) groups is 1. The fourth-order valence-corrected chi connectivity index (χ4v) is 2.68. The van der Waals surface area contributed by atoms with Gasteiger partial charge in [0.1, 0.15) is 5.78 Å². The predicted molar refractivity (Wildman–Crippen MR) is 69.6 cm³/mol. The lowest BCUT2D eigenvalue weighted by Gasteiger charge is -2.29. The van der Waals surface area contributed by atoms with E-state index >= 15 is 0 Å². The molecule has 1 aliphatic carbocycles. The summed E-state index contributed by atoms with van der Waals surface area (Å²) >= 11 is 0. The van der Waals surface area contributed by atoms with Crippen molar-refractivity contribution in [2.24, 2.45) is 11.8 Å². The first kappa shape index (κ1) is 13.7. The molecule has 0 aliphatic heterocycles. The van der Waals surface area contributed by atoms with Gasteiger partial charge in [0.2, 0.25) is 0 Å². The fourth-order valence-electron chi connectivity index (χ4n) is 2.68. The van der Waals surface area contributed by atoms with Gasteiger partial charge in [0, 0.05) is 18.4 Å². The third kappa shape index (κ3) is 2.81. The first-order valence-electron chi connectivity index (χ1n) is 6.44. The van der Waals surface area contributed by atoms with E-state index in [1.165, 1.54) is 12.1 Å². The fraction of sp³-hybridized carbons (Fsp3) is 0.500. The Bertz CT molecular complexity index is 500. The number of para-hydroxylation sites is 1. The maximum Gasteiger partial charge on any atom is 0.275 e. The van der Waals surface area contributed by atoms with Crippen LogP contribution in [0.3, 0.4) is 0 Å². The molecule has 1 aliphatic rings. The number of Topliss-reactive ketones (excluding diaryl/α,β-unsaturated/α-hetero) is 1.